The Bertz CT molecular complexity index is 1020. The van der Waals surface area contributed by atoms with Gasteiger partial charge in [-0.3, -0.25) is 9.59 Å². The summed E-state index contributed by atoms with van der Waals surface area (Å²) in [5, 5.41) is 17.5. The summed E-state index contributed by atoms with van der Waals surface area (Å²) in [6.07, 6.45) is 5.58. The van der Waals surface area contributed by atoms with Crippen LogP contribution in [0.2, 0.25) is 5.02 Å². The molecule has 2 aromatic heterocycles. The molecular weight excluding hydrogens is 388 g/mol. The molecule has 0 saturated heterocycles. The van der Waals surface area contributed by atoms with E-state index in [9.17, 15) is 19.7 Å². The Labute approximate surface area is 164 Å². The average Bonchev–Trinajstić information content (AvgIpc) is 3.08. The molecule has 0 aromatic carbocycles. The van der Waals surface area contributed by atoms with Gasteiger partial charge in [-0.1, -0.05) is 30.3 Å². The summed E-state index contributed by atoms with van der Waals surface area (Å²) in [7, 11) is 0. The lowest BCUT2D eigenvalue weighted by atomic mass is 10.1. The van der Waals surface area contributed by atoms with Crippen LogP contribution in [0.1, 0.15) is 17.4 Å². The van der Waals surface area contributed by atoms with Crippen LogP contribution >= 0.6 is 11.6 Å². The van der Waals surface area contributed by atoms with Gasteiger partial charge in [-0.15, -0.1) is 4.68 Å². The highest BCUT2D eigenvalue weighted by molar-refractivity contribution is 6.32. The molecule has 28 heavy (non-hydrogen) atoms. The van der Waals surface area contributed by atoms with Gasteiger partial charge in [0.15, 0.2) is 11.5 Å². The molecule has 0 radical (unpaired) electrons. The van der Waals surface area contributed by atoms with Crippen LogP contribution < -0.4 is 11.1 Å². The summed E-state index contributed by atoms with van der Waals surface area (Å²) in [6.45, 7) is 5.15. The Morgan fingerprint density at radius 2 is 2.18 bits per heavy atom. The second-order valence-corrected chi connectivity index (χ2v) is 5.62. The highest BCUT2D eigenvalue weighted by Gasteiger charge is 2.27. The predicted octanol–water partition coefficient (Wildman–Crippen LogP) is 2.06. The van der Waals surface area contributed by atoms with Gasteiger partial charge in [0.25, 0.3) is 11.8 Å². The number of amides is 2. The lowest BCUT2D eigenvalue weighted by Crippen LogP contribution is -2.28. The molecular formula is C17H15ClN6O4. The summed E-state index contributed by atoms with van der Waals surface area (Å²) in [5.41, 5.74) is 5.10. The summed E-state index contributed by atoms with van der Waals surface area (Å²) in [6, 6.07) is 4.01. The third-order valence-electron chi connectivity index (χ3n) is 3.40. The molecule has 0 atom stereocenters. The van der Waals surface area contributed by atoms with Gasteiger partial charge in [0.1, 0.15) is 0 Å². The maximum atomic E-state index is 12.8. The first kappa shape index (κ1) is 20.5. The van der Waals surface area contributed by atoms with Gasteiger partial charge in [0.2, 0.25) is 0 Å². The third-order valence-corrected chi connectivity index (χ3v) is 3.69. The number of hydrogen-bond donors (Lipinski definition) is 2. The number of carbonyl (C=O) groups excluding carboxylic acids is 2. The number of aromatic nitrogens is 3. The minimum absolute atomic E-state index is 0.0258. The highest BCUT2D eigenvalue weighted by Crippen LogP contribution is 2.22. The van der Waals surface area contributed by atoms with Gasteiger partial charge in [-0.25, -0.2) is 4.98 Å². The van der Waals surface area contributed by atoms with Gasteiger partial charge in [-0.2, -0.15) is 0 Å². The molecule has 0 aliphatic rings. The number of allylic oxidation sites excluding steroid dienone is 2. The number of nitrogens with two attached hydrogens (primary N) is 1. The Hall–Kier alpha value is -3.79. The third kappa shape index (κ3) is 4.30. The number of nitrogens with zero attached hydrogens (tertiary/aromatic N) is 4. The lowest BCUT2D eigenvalue weighted by molar-refractivity contribution is -0.389. The summed E-state index contributed by atoms with van der Waals surface area (Å²) < 4.78 is 0.945. The van der Waals surface area contributed by atoms with Crippen LogP contribution in [0.4, 0.5) is 5.82 Å². The number of pyridine rings is 1. The van der Waals surface area contributed by atoms with Crippen LogP contribution in [0.15, 0.2) is 60.5 Å². The topological polar surface area (TPSA) is 146 Å². The molecule has 0 aliphatic heterocycles. The van der Waals surface area contributed by atoms with E-state index in [2.05, 4.69) is 22.0 Å². The summed E-state index contributed by atoms with van der Waals surface area (Å²) in [4.78, 5) is 38.7. The largest absolute Gasteiger partial charge is 0.391 e. The smallest absolute Gasteiger partial charge is 0.366 e. The van der Waals surface area contributed by atoms with Gasteiger partial charge >= 0.3 is 5.82 Å². The molecule has 11 heteroatoms. The number of rotatable bonds is 7. The first-order valence-corrected chi connectivity index (χ1v) is 8.13. The van der Waals surface area contributed by atoms with Gasteiger partial charge in [0, 0.05) is 6.20 Å². The Balaban J connectivity index is 2.59. The molecule has 3 N–H and O–H groups in total. The fourth-order valence-electron chi connectivity index (χ4n) is 2.21. The number of carbonyl (C=O) groups is 2. The van der Waals surface area contributed by atoms with Crippen molar-refractivity contribution >= 4 is 29.2 Å². The van der Waals surface area contributed by atoms with Gasteiger partial charge in [0.05, 0.1) is 27.5 Å². The zero-order valence-corrected chi connectivity index (χ0v) is 15.4. The Morgan fingerprint density at radius 3 is 2.71 bits per heavy atom. The predicted molar refractivity (Wildman–Crippen MR) is 102 cm³/mol. The molecule has 2 amide bonds. The van der Waals surface area contributed by atoms with Gasteiger partial charge in [-0.05, 0) is 30.1 Å². The molecule has 0 bridgehead atoms. The van der Waals surface area contributed by atoms with Crippen molar-refractivity contribution in [1.82, 2.24) is 20.1 Å². The van der Waals surface area contributed by atoms with Crippen molar-refractivity contribution in [3.63, 3.8) is 0 Å². The molecule has 10 nitrogen and oxygen atoms in total. The molecule has 2 aromatic rings. The quantitative estimate of drug-likeness (QED) is 0.313. The number of halogens is 1. The van der Waals surface area contributed by atoms with E-state index in [4.69, 9.17) is 17.3 Å². The van der Waals surface area contributed by atoms with E-state index in [1.54, 1.807) is 19.1 Å². The molecule has 0 spiro atoms. The second-order valence-electron chi connectivity index (χ2n) is 5.22. The van der Waals surface area contributed by atoms with E-state index in [-0.39, 0.29) is 27.8 Å². The minimum atomic E-state index is -0.810. The summed E-state index contributed by atoms with van der Waals surface area (Å²) >= 11 is 6.07. The molecule has 0 aliphatic carbocycles. The fourth-order valence-corrected chi connectivity index (χ4v) is 2.41. The van der Waals surface area contributed by atoms with Crippen molar-refractivity contribution in [1.29, 1.82) is 0 Å². The number of nitro groups is 1. The van der Waals surface area contributed by atoms with Crippen molar-refractivity contribution in [3.05, 3.63) is 81.3 Å². The van der Waals surface area contributed by atoms with Crippen LogP contribution in [0, 0.1) is 10.1 Å². The zero-order chi connectivity index (χ0) is 20.8. The van der Waals surface area contributed by atoms with Crippen LogP contribution in [-0.2, 0) is 4.79 Å². The SMILES string of the molecule is C=C/C(C(N)=O)=C(/C=C\C)NC(=O)c1cc([N+](=O)[O-])nn1-c1ncccc1Cl. The molecule has 0 fully saturated rings. The van der Waals surface area contributed by atoms with E-state index in [0.717, 1.165) is 10.7 Å². The van der Waals surface area contributed by atoms with E-state index >= 15 is 0 Å². The number of nitrogens with one attached hydrogen (secondary N) is 1. The van der Waals surface area contributed by atoms with E-state index in [0.29, 0.717) is 0 Å². The van der Waals surface area contributed by atoms with Gasteiger partial charge < -0.3 is 21.2 Å². The molecule has 0 saturated carbocycles. The van der Waals surface area contributed by atoms with Crippen LogP contribution in [-0.4, -0.2) is 31.5 Å². The lowest BCUT2D eigenvalue weighted by Gasteiger charge is -2.09. The molecule has 2 rings (SSSR count). The van der Waals surface area contributed by atoms with E-state index in [1.165, 1.54) is 24.4 Å². The van der Waals surface area contributed by atoms with Crippen LogP contribution in [0.25, 0.3) is 5.82 Å². The fraction of sp³-hybridized carbons (Fsp3) is 0.0588. The van der Waals surface area contributed by atoms with Crippen LogP contribution in [0.5, 0.6) is 0 Å². The Kier molecular flexibility index (Phi) is 6.40. The standard InChI is InChI=1S/C17H15ClN6O4/c1-3-6-12(10(4-2)15(19)25)21-17(26)13-9-14(24(27)28)22-23(13)16-11(18)7-5-8-20-16/h3-9H,2H2,1H3,(H2,19,25)(H,21,26)/b6-3-,12-10+. The Morgan fingerprint density at radius 1 is 1.46 bits per heavy atom. The highest BCUT2D eigenvalue weighted by atomic mass is 35.5. The maximum Gasteiger partial charge on any atom is 0.391 e. The second kappa shape index (κ2) is 8.73. The first-order valence-electron chi connectivity index (χ1n) is 7.76. The molecule has 2 heterocycles. The minimum Gasteiger partial charge on any atom is -0.366 e. The molecule has 0 unspecified atom stereocenters. The first-order chi connectivity index (χ1) is 13.3. The van der Waals surface area contributed by atoms with E-state index < -0.39 is 22.6 Å². The normalized spacial score (nSPS) is 11.8. The van der Waals surface area contributed by atoms with Crippen molar-refractivity contribution < 1.29 is 14.5 Å². The average molecular weight is 403 g/mol. The van der Waals surface area contributed by atoms with Crippen molar-refractivity contribution in [2.45, 2.75) is 6.92 Å². The maximum absolute atomic E-state index is 12.8. The van der Waals surface area contributed by atoms with E-state index in [1.807, 2.05) is 0 Å². The van der Waals surface area contributed by atoms with Crippen molar-refractivity contribution in [2.75, 3.05) is 0 Å². The number of primary amides is 1. The number of hydrogen-bond acceptors (Lipinski definition) is 6. The monoisotopic (exact) mass is 402 g/mol. The molecule has 144 valence electrons. The van der Waals surface area contributed by atoms with Crippen LogP contribution in [0.3, 0.4) is 0 Å². The summed E-state index contributed by atoms with van der Waals surface area (Å²) in [5.74, 6) is -2.16. The van der Waals surface area contributed by atoms with Crippen molar-refractivity contribution in [3.8, 4) is 5.82 Å². The zero-order valence-electron chi connectivity index (χ0n) is 14.6. The van der Waals surface area contributed by atoms with Crippen molar-refractivity contribution in [2.24, 2.45) is 5.73 Å².